The lowest BCUT2D eigenvalue weighted by Gasteiger charge is -2.38. The summed E-state index contributed by atoms with van der Waals surface area (Å²) in [5.74, 6) is 0.780. The third-order valence-electron chi connectivity index (χ3n) is 5.69. The van der Waals surface area contributed by atoms with Crippen LogP contribution in [0.2, 0.25) is 0 Å². The molecular formula is C21H32FN3O2. The van der Waals surface area contributed by atoms with Gasteiger partial charge >= 0.3 is 0 Å². The molecule has 1 aromatic rings. The van der Waals surface area contributed by atoms with E-state index in [9.17, 15) is 9.18 Å². The van der Waals surface area contributed by atoms with Gasteiger partial charge in [-0.25, -0.2) is 4.39 Å². The number of likely N-dealkylation sites (tertiary alicyclic amines) is 1. The number of amides is 1. The number of ether oxygens (including phenoxy) is 1. The molecule has 0 spiro atoms. The van der Waals surface area contributed by atoms with Crippen LogP contribution >= 0.6 is 0 Å². The van der Waals surface area contributed by atoms with Crippen LogP contribution in [0.3, 0.4) is 0 Å². The molecule has 2 aliphatic heterocycles. The number of halogens is 1. The molecular weight excluding hydrogens is 345 g/mol. The summed E-state index contributed by atoms with van der Waals surface area (Å²) in [5, 5.41) is 0. The molecule has 0 radical (unpaired) electrons. The zero-order valence-electron chi connectivity index (χ0n) is 16.4. The quantitative estimate of drug-likeness (QED) is 0.714. The van der Waals surface area contributed by atoms with Crippen molar-refractivity contribution in [1.82, 2.24) is 14.7 Å². The minimum Gasteiger partial charge on any atom is -0.494 e. The van der Waals surface area contributed by atoms with E-state index in [1.165, 1.54) is 25.0 Å². The van der Waals surface area contributed by atoms with Gasteiger partial charge in [0.1, 0.15) is 11.6 Å². The Morgan fingerprint density at radius 1 is 1.07 bits per heavy atom. The van der Waals surface area contributed by atoms with Gasteiger partial charge in [0.2, 0.25) is 5.91 Å². The number of rotatable bonds is 6. The van der Waals surface area contributed by atoms with E-state index >= 15 is 0 Å². The van der Waals surface area contributed by atoms with E-state index in [0.29, 0.717) is 18.3 Å². The van der Waals surface area contributed by atoms with Crippen LogP contribution in [0, 0.1) is 5.82 Å². The fourth-order valence-electron chi connectivity index (χ4n) is 3.98. The summed E-state index contributed by atoms with van der Waals surface area (Å²) in [7, 11) is 2.09. The summed E-state index contributed by atoms with van der Waals surface area (Å²) >= 11 is 0. The highest BCUT2D eigenvalue weighted by Gasteiger charge is 2.30. The number of likely N-dealkylation sites (N-methyl/N-ethyl adjacent to an activating group) is 1. The second-order valence-electron chi connectivity index (χ2n) is 7.67. The molecule has 2 fully saturated rings. The standard InChI is InChI=1S/C21H32FN3O2/c1-23-11-4-2-3-6-20(23)21(26)25-15-13-24(14-16-25)12-5-17-27-19-9-7-18(22)8-10-19/h7-10,20H,2-6,11-17H2,1H3/t20-/m1/s1. The fourth-order valence-corrected chi connectivity index (χ4v) is 3.98. The second kappa shape index (κ2) is 10.0. The van der Waals surface area contributed by atoms with E-state index in [1.54, 1.807) is 12.1 Å². The zero-order chi connectivity index (χ0) is 19.1. The summed E-state index contributed by atoms with van der Waals surface area (Å²) in [6.07, 6.45) is 5.53. The Hall–Kier alpha value is -1.66. The van der Waals surface area contributed by atoms with Crippen molar-refractivity contribution in [3.63, 3.8) is 0 Å². The van der Waals surface area contributed by atoms with Crippen LogP contribution in [0.15, 0.2) is 24.3 Å². The number of piperazine rings is 1. The van der Waals surface area contributed by atoms with Crippen molar-refractivity contribution in [1.29, 1.82) is 0 Å². The lowest BCUT2D eigenvalue weighted by Crippen LogP contribution is -2.54. The van der Waals surface area contributed by atoms with E-state index in [4.69, 9.17) is 4.74 Å². The summed E-state index contributed by atoms with van der Waals surface area (Å²) in [4.78, 5) is 19.6. The van der Waals surface area contributed by atoms with Crippen molar-refractivity contribution >= 4 is 5.91 Å². The van der Waals surface area contributed by atoms with Gasteiger partial charge in [-0.3, -0.25) is 14.6 Å². The Kier molecular flexibility index (Phi) is 7.47. The predicted octanol–water partition coefficient (Wildman–Crippen LogP) is 2.61. The van der Waals surface area contributed by atoms with Crippen LogP contribution in [-0.4, -0.2) is 79.6 Å². The fraction of sp³-hybridized carbons (Fsp3) is 0.667. The number of carbonyl (C=O) groups is 1. The average Bonchev–Trinajstić information content (AvgIpc) is 2.91. The maximum absolute atomic E-state index is 12.9. The predicted molar refractivity (Wildman–Crippen MR) is 104 cm³/mol. The smallest absolute Gasteiger partial charge is 0.240 e. The van der Waals surface area contributed by atoms with Crippen LogP contribution in [0.5, 0.6) is 5.75 Å². The number of carbonyl (C=O) groups excluding carboxylic acids is 1. The largest absolute Gasteiger partial charge is 0.494 e. The summed E-state index contributed by atoms with van der Waals surface area (Å²) < 4.78 is 18.5. The number of hydrogen-bond donors (Lipinski definition) is 0. The second-order valence-corrected chi connectivity index (χ2v) is 7.67. The summed E-state index contributed by atoms with van der Waals surface area (Å²) in [6.45, 7) is 6.12. The Labute approximate surface area is 162 Å². The van der Waals surface area contributed by atoms with Gasteiger partial charge in [0.05, 0.1) is 12.6 Å². The van der Waals surface area contributed by atoms with Gasteiger partial charge in [0, 0.05) is 32.7 Å². The maximum Gasteiger partial charge on any atom is 0.240 e. The van der Waals surface area contributed by atoms with Crippen LogP contribution in [0.1, 0.15) is 32.1 Å². The zero-order valence-corrected chi connectivity index (χ0v) is 16.4. The average molecular weight is 378 g/mol. The van der Waals surface area contributed by atoms with Gasteiger partial charge in [0.25, 0.3) is 0 Å². The van der Waals surface area contributed by atoms with Crippen molar-refractivity contribution in [2.75, 3.05) is 52.9 Å². The van der Waals surface area contributed by atoms with E-state index in [0.717, 1.165) is 58.5 Å². The van der Waals surface area contributed by atoms with Gasteiger partial charge < -0.3 is 9.64 Å². The molecule has 0 saturated carbocycles. The maximum atomic E-state index is 12.9. The molecule has 0 aliphatic carbocycles. The molecule has 1 atom stereocenters. The molecule has 2 saturated heterocycles. The Bertz CT molecular complexity index is 588. The van der Waals surface area contributed by atoms with Gasteiger partial charge in [-0.2, -0.15) is 0 Å². The van der Waals surface area contributed by atoms with Crippen molar-refractivity contribution in [2.45, 2.75) is 38.1 Å². The normalized spacial score (nSPS) is 22.4. The number of nitrogens with zero attached hydrogens (tertiary/aromatic N) is 3. The Morgan fingerprint density at radius 2 is 1.81 bits per heavy atom. The topological polar surface area (TPSA) is 36.0 Å². The number of hydrogen-bond acceptors (Lipinski definition) is 4. The first-order valence-electron chi connectivity index (χ1n) is 10.2. The molecule has 0 N–H and O–H groups in total. The van der Waals surface area contributed by atoms with Crippen LogP contribution in [0.25, 0.3) is 0 Å². The first kappa shape index (κ1) is 20.1. The molecule has 0 unspecified atom stereocenters. The van der Waals surface area contributed by atoms with Crippen molar-refractivity contribution in [3.05, 3.63) is 30.1 Å². The van der Waals surface area contributed by atoms with Crippen LogP contribution in [-0.2, 0) is 4.79 Å². The molecule has 27 heavy (non-hydrogen) atoms. The first-order valence-corrected chi connectivity index (χ1v) is 10.2. The van der Waals surface area contributed by atoms with E-state index in [2.05, 4.69) is 21.7 Å². The Balaban J connectivity index is 1.34. The third-order valence-corrected chi connectivity index (χ3v) is 5.69. The summed E-state index contributed by atoms with van der Waals surface area (Å²) in [5.41, 5.74) is 0. The third kappa shape index (κ3) is 5.91. The molecule has 2 aliphatic rings. The van der Waals surface area contributed by atoms with Crippen LogP contribution in [0.4, 0.5) is 4.39 Å². The van der Waals surface area contributed by atoms with Crippen molar-refractivity contribution in [2.24, 2.45) is 0 Å². The molecule has 0 bridgehead atoms. The van der Waals surface area contributed by atoms with E-state index in [1.807, 2.05) is 0 Å². The highest BCUT2D eigenvalue weighted by Crippen LogP contribution is 2.18. The molecule has 1 amide bonds. The highest BCUT2D eigenvalue weighted by atomic mass is 19.1. The molecule has 1 aromatic carbocycles. The SMILES string of the molecule is CN1CCCCC[C@@H]1C(=O)N1CCN(CCCOc2ccc(F)cc2)CC1. The van der Waals surface area contributed by atoms with Crippen molar-refractivity contribution in [3.8, 4) is 5.75 Å². The monoisotopic (exact) mass is 377 g/mol. The first-order chi connectivity index (χ1) is 13.1. The van der Waals surface area contributed by atoms with E-state index in [-0.39, 0.29) is 11.9 Å². The van der Waals surface area contributed by atoms with Gasteiger partial charge in [-0.1, -0.05) is 12.8 Å². The lowest BCUT2D eigenvalue weighted by molar-refractivity contribution is -0.138. The van der Waals surface area contributed by atoms with Gasteiger partial charge in [-0.05, 0) is 57.1 Å². The van der Waals surface area contributed by atoms with E-state index < -0.39 is 0 Å². The summed E-state index contributed by atoms with van der Waals surface area (Å²) in [6, 6.07) is 6.21. The number of benzene rings is 1. The van der Waals surface area contributed by atoms with Crippen molar-refractivity contribution < 1.29 is 13.9 Å². The molecule has 2 heterocycles. The molecule has 0 aromatic heterocycles. The molecule has 3 rings (SSSR count). The van der Waals surface area contributed by atoms with Gasteiger partial charge in [0.15, 0.2) is 0 Å². The highest BCUT2D eigenvalue weighted by molar-refractivity contribution is 5.82. The van der Waals surface area contributed by atoms with Crippen LogP contribution < -0.4 is 4.74 Å². The Morgan fingerprint density at radius 3 is 2.56 bits per heavy atom. The lowest BCUT2D eigenvalue weighted by atomic mass is 10.1. The minimum absolute atomic E-state index is 0.0724. The minimum atomic E-state index is -0.246. The van der Waals surface area contributed by atoms with Gasteiger partial charge in [-0.15, -0.1) is 0 Å². The molecule has 6 heteroatoms. The molecule has 5 nitrogen and oxygen atoms in total. The molecule has 150 valence electrons.